The number of thioether (sulfide) groups is 1. The number of hydrogen-bond acceptors (Lipinski definition) is 2. The lowest BCUT2D eigenvalue weighted by molar-refractivity contribution is 0.479. The van der Waals surface area contributed by atoms with E-state index in [2.05, 4.69) is 32.3 Å². The monoisotopic (exact) mass is 175 g/mol. The molecule has 0 saturated heterocycles. The SMILES string of the molecule is CCC(C)NCC(C)CSC. The molecule has 0 aliphatic heterocycles. The topological polar surface area (TPSA) is 12.0 Å². The van der Waals surface area contributed by atoms with Crippen LogP contribution < -0.4 is 5.32 Å². The second-order valence-corrected chi connectivity index (χ2v) is 4.19. The highest BCUT2D eigenvalue weighted by Gasteiger charge is 2.02. The molecular weight excluding hydrogens is 154 g/mol. The third kappa shape index (κ3) is 6.70. The molecule has 0 amide bonds. The van der Waals surface area contributed by atoms with Gasteiger partial charge in [0.05, 0.1) is 0 Å². The van der Waals surface area contributed by atoms with Crippen molar-refractivity contribution in [2.24, 2.45) is 5.92 Å². The van der Waals surface area contributed by atoms with Crippen LogP contribution in [-0.4, -0.2) is 24.6 Å². The van der Waals surface area contributed by atoms with Gasteiger partial charge in [0.1, 0.15) is 0 Å². The Kier molecular flexibility index (Phi) is 7.18. The quantitative estimate of drug-likeness (QED) is 0.665. The second-order valence-electron chi connectivity index (χ2n) is 3.28. The van der Waals surface area contributed by atoms with Gasteiger partial charge in [-0.3, -0.25) is 0 Å². The molecule has 2 atom stereocenters. The molecule has 11 heavy (non-hydrogen) atoms. The Bertz CT molecular complexity index is 85.6. The van der Waals surface area contributed by atoms with Gasteiger partial charge in [0.15, 0.2) is 0 Å². The van der Waals surface area contributed by atoms with Gasteiger partial charge in [-0.1, -0.05) is 13.8 Å². The zero-order chi connectivity index (χ0) is 8.69. The number of hydrogen-bond donors (Lipinski definition) is 1. The van der Waals surface area contributed by atoms with Crippen molar-refractivity contribution in [2.75, 3.05) is 18.6 Å². The van der Waals surface area contributed by atoms with E-state index in [4.69, 9.17) is 0 Å². The molecule has 2 heteroatoms. The summed E-state index contributed by atoms with van der Waals surface area (Å²) in [5, 5.41) is 3.50. The summed E-state index contributed by atoms with van der Waals surface area (Å²) in [6, 6.07) is 0.680. The van der Waals surface area contributed by atoms with Crippen molar-refractivity contribution < 1.29 is 0 Å². The van der Waals surface area contributed by atoms with Gasteiger partial charge in [-0.05, 0) is 37.8 Å². The normalized spacial score (nSPS) is 16.4. The van der Waals surface area contributed by atoms with E-state index in [1.54, 1.807) is 0 Å². The summed E-state index contributed by atoms with van der Waals surface area (Å²) in [5.74, 6) is 2.07. The zero-order valence-electron chi connectivity index (χ0n) is 8.18. The Labute approximate surface area is 75.3 Å². The number of rotatable bonds is 6. The maximum Gasteiger partial charge on any atom is 0.00362 e. The Balaban J connectivity index is 3.22. The molecule has 1 nitrogen and oxygen atoms in total. The third-order valence-electron chi connectivity index (χ3n) is 1.88. The summed E-state index contributed by atoms with van der Waals surface area (Å²) in [4.78, 5) is 0. The van der Waals surface area contributed by atoms with Gasteiger partial charge in [-0.2, -0.15) is 11.8 Å². The summed E-state index contributed by atoms with van der Waals surface area (Å²) < 4.78 is 0. The second kappa shape index (κ2) is 6.99. The fraction of sp³-hybridized carbons (Fsp3) is 1.00. The van der Waals surface area contributed by atoms with Gasteiger partial charge >= 0.3 is 0 Å². The zero-order valence-corrected chi connectivity index (χ0v) is 9.00. The van der Waals surface area contributed by atoms with Gasteiger partial charge in [0.25, 0.3) is 0 Å². The lowest BCUT2D eigenvalue weighted by atomic mass is 10.2. The predicted octanol–water partition coefficient (Wildman–Crippen LogP) is 2.37. The first-order chi connectivity index (χ1) is 5.20. The largest absolute Gasteiger partial charge is 0.314 e. The van der Waals surface area contributed by atoms with E-state index in [9.17, 15) is 0 Å². The van der Waals surface area contributed by atoms with E-state index >= 15 is 0 Å². The predicted molar refractivity (Wildman–Crippen MR) is 55.3 cm³/mol. The minimum atomic E-state index is 0.680. The van der Waals surface area contributed by atoms with E-state index in [1.807, 2.05) is 11.8 Å². The van der Waals surface area contributed by atoms with E-state index < -0.39 is 0 Å². The first-order valence-electron chi connectivity index (χ1n) is 4.43. The molecule has 0 aliphatic carbocycles. The molecule has 68 valence electrons. The van der Waals surface area contributed by atoms with Crippen LogP contribution in [-0.2, 0) is 0 Å². The molecule has 0 spiro atoms. The van der Waals surface area contributed by atoms with Crippen LogP contribution in [0, 0.1) is 5.92 Å². The highest BCUT2D eigenvalue weighted by atomic mass is 32.2. The van der Waals surface area contributed by atoms with Crippen molar-refractivity contribution in [3.63, 3.8) is 0 Å². The number of nitrogens with one attached hydrogen (secondary N) is 1. The summed E-state index contributed by atoms with van der Waals surface area (Å²) in [7, 11) is 0. The van der Waals surface area contributed by atoms with Crippen LogP contribution in [0.1, 0.15) is 27.2 Å². The molecule has 0 rings (SSSR count). The molecule has 0 aromatic rings. The fourth-order valence-corrected chi connectivity index (χ4v) is 1.58. The Morgan fingerprint density at radius 1 is 1.36 bits per heavy atom. The molecule has 0 saturated carbocycles. The van der Waals surface area contributed by atoms with Crippen LogP contribution in [0.15, 0.2) is 0 Å². The van der Waals surface area contributed by atoms with E-state index in [0.29, 0.717) is 6.04 Å². The standard InChI is InChI=1S/C9H21NS/c1-5-9(3)10-6-8(2)7-11-4/h8-10H,5-7H2,1-4H3. The summed E-state index contributed by atoms with van der Waals surface area (Å²) in [6.45, 7) is 7.92. The minimum Gasteiger partial charge on any atom is -0.314 e. The maximum atomic E-state index is 3.50. The van der Waals surface area contributed by atoms with Crippen LogP contribution in [0.3, 0.4) is 0 Å². The van der Waals surface area contributed by atoms with Gasteiger partial charge in [0, 0.05) is 6.04 Å². The van der Waals surface area contributed by atoms with Gasteiger partial charge in [-0.25, -0.2) is 0 Å². The lowest BCUT2D eigenvalue weighted by Gasteiger charge is -2.15. The van der Waals surface area contributed by atoms with Crippen molar-refractivity contribution in [1.29, 1.82) is 0 Å². The highest BCUT2D eigenvalue weighted by Crippen LogP contribution is 2.03. The molecule has 0 bridgehead atoms. The van der Waals surface area contributed by atoms with Crippen molar-refractivity contribution in [3.05, 3.63) is 0 Å². The van der Waals surface area contributed by atoms with Gasteiger partial charge in [-0.15, -0.1) is 0 Å². The molecule has 0 aromatic heterocycles. The molecule has 0 radical (unpaired) electrons. The van der Waals surface area contributed by atoms with E-state index in [-0.39, 0.29) is 0 Å². The molecule has 0 heterocycles. The third-order valence-corrected chi connectivity index (χ3v) is 2.78. The van der Waals surface area contributed by atoms with Crippen molar-refractivity contribution in [2.45, 2.75) is 33.2 Å². The van der Waals surface area contributed by atoms with Crippen molar-refractivity contribution in [1.82, 2.24) is 5.32 Å². The highest BCUT2D eigenvalue weighted by molar-refractivity contribution is 7.98. The van der Waals surface area contributed by atoms with E-state index in [1.165, 1.54) is 12.2 Å². The minimum absolute atomic E-state index is 0.680. The van der Waals surface area contributed by atoms with Gasteiger partial charge in [0.2, 0.25) is 0 Å². The van der Waals surface area contributed by atoms with Gasteiger partial charge < -0.3 is 5.32 Å². The Morgan fingerprint density at radius 2 is 2.00 bits per heavy atom. The smallest absolute Gasteiger partial charge is 0.00362 e. The average molecular weight is 175 g/mol. The molecule has 1 N–H and O–H groups in total. The van der Waals surface area contributed by atoms with Crippen molar-refractivity contribution >= 4 is 11.8 Å². The van der Waals surface area contributed by atoms with Crippen LogP contribution in [0.5, 0.6) is 0 Å². The summed E-state index contributed by atoms with van der Waals surface area (Å²) in [6.07, 6.45) is 3.39. The van der Waals surface area contributed by atoms with Crippen LogP contribution in [0.25, 0.3) is 0 Å². The molecule has 2 unspecified atom stereocenters. The van der Waals surface area contributed by atoms with Crippen LogP contribution in [0.2, 0.25) is 0 Å². The Hall–Kier alpha value is 0.310. The Morgan fingerprint density at radius 3 is 2.45 bits per heavy atom. The van der Waals surface area contributed by atoms with Crippen molar-refractivity contribution in [3.8, 4) is 0 Å². The molecule has 0 aliphatic rings. The van der Waals surface area contributed by atoms with Crippen LogP contribution >= 0.6 is 11.8 Å². The lowest BCUT2D eigenvalue weighted by Crippen LogP contribution is -2.30. The average Bonchev–Trinajstić information content (AvgIpc) is 2.01. The fourth-order valence-electron chi connectivity index (χ4n) is 0.890. The molecule has 0 fully saturated rings. The first-order valence-corrected chi connectivity index (χ1v) is 5.82. The first kappa shape index (κ1) is 11.3. The summed E-state index contributed by atoms with van der Waals surface area (Å²) >= 11 is 1.93. The molecule has 0 aromatic carbocycles. The maximum absolute atomic E-state index is 3.50. The van der Waals surface area contributed by atoms with E-state index in [0.717, 1.165) is 12.5 Å². The summed E-state index contributed by atoms with van der Waals surface area (Å²) in [5.41, 5.74) is 0. The van der Waals surface area contributed by atoms with Crippen LogP contribution in [0.4, 0.5) is 0 Å². The molecular formula is C9H21NS.